The van der Waals surface area contributed by atoms with Crippen molar-refractivity contribution >= 4 is 29.1 Å². The number of hydrogen-bond acceptors (Lipinski definition) is 2. The van der Waals surface area contributed by atoms with Gasteiger partial charge in [0.25, 0.3) is 0 Å². The molecule has 1 aliphatic heterocycles. The van der Waals surface area contributed by atoms with Crippen LogP contribution in [-0.4, -0.2) is 29.8 Å². The topological polar surface area (TPSA) is 49.4 Å². The molecular formula is C19H25ClN2O2. The minimum Gasteiger partial charge on any atom is -0.342 e. The summed E-state index contributed by atoms with van der Waals surface area (Å²) in [4.78, 5) is 27.7. The van der Waals surface area contributed by atoms with E-state index in [-0.39, 0.29) is 11.8 Å². The van der Waals surface area contributed by atoms with Gasteiger partial charge in [-0.25, -0.2) is 0 Å². The van der Waals surface area contributed by atoms with Crippen LogP contribution in [0.1, 0.15) is 49.7 Å². The molecule has 5 heteroatoms. The van der Waals surface area contributed by atoms with Gasteiger partial charge in [0.2, 0.25) is 11.8 Å². The Bertz CT molecular complexity index is 636. The van der Waals surface area contributed by atoms with Crippen LogP contribution >= 0.6 is 11.6 Å². The van der Waals surface area contributed by atoms with E-state index in [2.05, 4.69) is 5.32 Å². The van der Waals surface area contributed by atoms with Gasteiger partial charge in [-0.3, -0.25) is 9.59 Å². The summed E-state index contributed by atoms with van der Waals surface area (Å²) in [5.41, 5.74) is 1.73. The smallest absolute Gasteiger partial charge is 0.240 e. The highest BCUT2D eigenvalue weighted by atomic mass is 35.5. The number of benzene rings is 1. The largest absolute Gasteiger partial charge is 0.342 e. The quantitative estimate of drug-likeness (QED) is 0.837. The van der Waals surface area contributed by atoms with Gasteiger partial charge in [-0.2, -0.15) is 0 Å². The second-order valence-electron chi connectivity index (χ2n) is 7.18. The third kappa shape index (κ3) is 3.30. The maximum atomic E-state index is 12.9. The van der Waals surface area contributed by atoms with Crippen LogP contribution < -0.4 is 5.32 Å². The van der Waals surface area contributed by atoms with Crippen LogP contribution in [0, 0.1) is 19.3 Å². The van der Waals surface area contributed by atoms with Crippen LogP contribution in [0.5, 0.6) is 0 Å². The zero-order valence-electron chi connectivity index (χ0n) is 14.5. The summed E-state index contributed by atoms with van der Waals surface area (Å²) in [5.74, 6) is -0.201. The molecule has 2 fully saturated rings. The Hall–Kier alpha value is -1.55. The number of halogens is 1. The monoisotopic (exact) mass is 348 g/mol. The Labute approximate surface area is 148 Å². The summed E-state index contributed by atoms with van der Waals surface area (Å²) in [7, 11) is 0. The molecule has 130 valence electrons. The van der Waals surface area contributed by atoms with E-state index >= 15 is 0 Å². The van der Waals surface area contributed by atoms with E-state index in [1.54, 1.807) is 0 Å². The molecule has 0 unspecified atom stereocenters. The molecule has 0 radical (unpaired) electrons. The first-order valence-electron chi connectivity index (χ1n) is 8.82. The van der Waals surface area contributed by atoms with Gasteiger partial charge in [0.05, 0.1) is 10.7 Å². The van der Waals surface area contributed by atoms with Crippen molar-refractivity contribution in [2.75, 3.05) is 18.4 Å². The lowest BCUT2D eigenvalue weighted by Crippen LogP contribution is -2.43. The Kier molecular flexibility index (Phi) is 4.86. The maximum absolute atomic E-state index is 12.9. The molecular weight excluding hydrogens is 324 g/mol. The number of nitrogens with zero attached hydrogens (tertiary/aromatic N) is 1. The summed E-state index contributed by atoms with van der Waals surface area (Å²) in [6.07, 6.45) is 5.67. The third-order valence-corrected chi connectivity index (χ3v) is 5.46. The Balaban J connectivity index is 1.76. The molecule has 1 aromatic rings. The second kappa shape index (κ2) is 6.75. The molecule has 1 N–H and O–H groups in total. The number of nitrogens with one attached hydrogen (secondary N) is 1. The summed E-state index contributed by atoms with van der Waals surface area (Å²) >= 11 is 6.29. The first kappa shape index (κ1) is 17.3. The number of amides is 2. The minimum atomic E-state index is -0.870. The maximum Gasteiger partial charge on any atom is 0.240 e. The van der Waals surface area contributed by atoms with E-state index in [9.17, 15) is 9.59 Å². The van der Waals surface area contributed by atoms with Crippen LogP contribution in [0.4, 0.5) is 5.69 Å². The highest BCUT2D eigenvalue weighted by Gasteiger charge is 2.58. The minimum absolute atomic E-state index is 0.00258. The highest BCUT2D eigenvalue weighted by Crippen LogP contribution is 2.49. The fourth-order valence-corrected chi connectivity index (χ4v) is 3.92. The molecule has 0 spiro atoms. The van der Waals surface area contributed by atoms with Crippen molar-refractivity contribution in [3.05, 3.63) is 28.3 Å². The first-order valence-corrected chi connectivity index (χ1v) is 9.19. The number of hydrogen-bond donors (Lipinski definition) is 1. The molecule has 1 saturated carbocycles. The molecule has 2 aliphatic rings. The van der Waals surface area contributed by atoms with Crippen LogP contribution in [0.3, 0.4) is 0 Å². The van der Waals surface area contributed by atoms with Crippen molar-refractivity contribution in [2.45, 2.75) is 52.4 Å². The predicted molar refractivity (Wildman–Crippen MR) is 96.3 cm³/mol. The zero-order valence-corrected chi connectivity index (χ0v) is 15.2. The first-order chi connectivity index (χ1) is 11.4. The molecule has 24 heavy (non-hydrogen) atoms. The number of carbonyl (C=O) groups excluding carboxylic acids is 2. The van der Waals surface area contributed by atoms with E-state index in [1.807, 2.05) is 30.9 Å². The van der Waals surface area contributed by atoms with Crippen LogP contribution in [0.25, 0.3) is 0 Å². The standard InChI is InChI=1S/C19H25ClN2O2/c1-13-11-14(2)16(15(20)12-13)21-17(23)19(7-8-19)18(24)22-9-5-3-4-6-10-22/h11-12H,3-10H2,1-2H3,(H,21,23). The molecule has 1 saturated heterocycles. The fraction of sp³-hybridized carbons (Fsp3) is 0.579. The molecule has 1 heterocycles. The van der Waals surface area contributed by atoms with Gasteiger partial charge in [-0.05, 0) is 56.7 Å². The van der Waals surface area contributed by atoms with Crippen molar-refractivity contribution in [1.29, 1.82) is 0 Å². The fourth-order valence-electron chi connectivity index (χ4n) is 3.55. The number of likely N-dealkylation sites (tertiary alicyclic amines) is 1. The van der Waals surface area contributed by atoms with Gasteiger partial charge < -0.3 is 10.2 Å². The Morgan fingerprint density at radius 3 is 2.25 bits per heavy atom. The van der Waals surface area contributed by atoms with Crippen molar-refractivity contribution in [3.63, 3.8) is 0 Å². The molecule has 4 nitrogen and oxygen atoms in total. The van der Waals surface area contributed by atoms with Crippen molar-refractivity contribution in [2.24, 2.45) is 5.41 Å². The second-order valence-corrected chi connectivity index (χ2v) is 7.59. The molecule has 3 rings (SSSR count). The van der Waals surface area contributed by atoms with E-state index in [1.165, 1.54) is 12.8 Å². The lowest BCUT2D eigenvalue weighted by Gasteiger charge is -2.26. The summed E-state index contributed by atoms with van der Waals surface area (Å²) in [6, 6.07) is 3.82. The van der Waals surface area contributed by atoms with E-state index in [4.69, 9.17) is 11.6 Å². The molecule has 0 bridgehead atoms. The van der Waals surface area contributed by atoms with Crippen molar-refractivity contribution in [3.8, 4) is 0 Å². The zero-order chi connectivity index (χ0) is 17.3. The lowest BCUT2D eigenvalue weighted by atomic mass is 10.0. The van der Waals surface area contributed by atoms with Crippen LogP contribution in [0.15, 0.2) is 12.1 Å². The van der Waals surface area contributed by atoms with Crippen LogP contribution in [0.2, 0.25) is 5.02 Å². The molecule has 1 aromatic carbocycles. The normalized spacial score (nSPS) is 19.5. The lowest BCUT2D eigenvalue weighted by molar-refractivity contribution is -0.142. The summed E-state index contributed by atoms with van der Waals surface area (Å²) in [5, 5.41) is 3.45. The third-order valence-electron chi connectivity index (χ3n) is 5.16. The van der Waals surface area contributed by atoms with Crippen molar-refractivity contribution < 1.29 is 9.59 Å². The van der Waals surface area contributed by atoms with Gasteiger partial charge >= 0.3 is 0 Å². The molecule has 2 amide bonds. The van der Waals surface area contributed by atoms with E-state index < -0.39 is 5.41 Å². The number of carbonyl (C=O) groups is 2. The van der Waals surface area contributed by atoms with Gasteiger partial charge in [-0.1, -0.05) is 30.5 Å². The number of aryl methyl sites for hydroxylation is 2. The Morgan fingerprint density at radius 1 is 1.08 bits per heavy atom. The summed E-state index contributed by atoms with van der Waals surface area (Å²) < 4.78 is 0. The number of rotatable bonds is 3. The average Bonchev–Trinajstić information content (AvgIpc) is 3.34. The average molecular weight is 349 g/mol. The van der Waals surface area contributed by atoms with E-state index in [0.29, 0.717) is 23.6 Å². The van der Waals surface area contributed by atoms with Crippen LogP contribution in [-0.2, 0) is 9.59 Å². The molecule has 1 aliphatic carbocycles. The molecule has 0 aromatic heterocycles. The van der Waals surface area contributed by atoms with Gasteiger partial charge in [0.1, 0.15) is 5.41 Å². The van der Waals surface area contributed by atoms with Crippen molar-refractivity contribution in [1.82, 2.24) is 4.90 Å². The van der Waals surface area contributed by atoms with Gasteiger partial charge in [-0.15, -0.1) is 0 Å². The van der Waals surface area contributed by atoms with Gasteiger partial charge in [0.15, 0.2) is 0 Å². The predicted octanol–water partition coefficient (Wildman–Crippen LogP) is 4.08. The number of anilines is 1. The molecule has 0 atom stereocenters. The summed E-state index contributed by atoms with van der Waals surface area (Å²) in [6.45, 7) is 5.44. The van der Waals surface area contributed by atoms with Gasteiger partial charge in [0, 0.05) is 13.1 Å². The SMILES string of the molecule is Cc1cc(C)c(NC(=O)C2(C(=O)N3CCCCCC3)CC2)c(Cl)c1. The highest BCUT2D eigenvalue weighted by molar-refractivity contribution is 6.34. The Morgan fingerprint density at radius 2 is 1.71 bits per heavy atom. The van der Waals surface area contributed by atoms with E-state index in [0.717, 1.165) is 37.1 Å².